The van der Waals surface area contributed by atoms with Crippen LogP contribution in [-0.2, 0) is 11.3 Å². The minimum atomic E-state index is -0.142. The molecule has 0 aliphatic carbocycles. The molecule has 1 N–H and O–H groups in total. The molecule has 1 unspecified atom stereocenters. The fraction of sp³-hybridized carbons (Fsp3) is 0.217. The van der Waals surface area contributed by atoms with E-state index in [4.69, 9.17) is 10.00 Å². The van der Waals surface area contributed by atoms with Crippen LogP contribution in [0.1, 0.15) is 30.0 Å². The lowest BCUT2D eigenvalue weighted by molar-refractivity contribution is -0.117. The van der Waals surface area contributed by atoms with Gasteiger partial charge in [0, 0.05) is 51.7 Å². The largest absolute Gasteiger partial charge is 0.493 e. The predicted molar refractivity (Wildman–Crippen MR) is 116 cm³/mol. The molecule has 5 nitrogen and oxygen atoms in total. The standard InChI is InChI=1S/C23H20BrN3O2/c24-17-7-8-22-19(14-17)20(10-13-29-22)26-23(28)9-6-16-15-27(12-3-11-25)21-5-2-1-4-18(16)21/h1-2,4-9,14-15,20H,3,10,12-13H2,(H,26,28)/b9-6+. The van der Waals surface area contributed by atoms with Crippen molar-refractivity contribution < 1.29 is 9.53 Å². The van der Waals surface area contributed by atoms with E-state index >= 15 is 0 Å². The molecule has 2 heterocycles. The Balaban J connectivity index is 1.53. The van der Waals surface area contributed by atoms with Crippen molar-refractivity contribution in [1.29, 1.82) is 5.26 Å². The van der Waals surface area contributed by atoms with Gasteiger partial charge in [0.1, 0.15) is 5.75 Å². The van der Waals surface area contributed by atoms with Gasteiger partial charge in [-0.2, -0.15) is 5.26 Å². The average Bonchev–Trinajstić information content (AvgIpc) is 3.09. The van der Waals surface area contributed by atoms with E-state index < -0.39 is 0 Å². The number of carbonyl (C=O) groups is 1. The monoisotopic (exact) mass is 449 g/mol. The van der Waals surface area contributed by atoms with Crippen molar-refractivity contribution >= 4 is 38.8 Å². The molecular formula is C23H20BrN3O2. The maximum atomic E-state index is 12.6. The van der Waals surface area contributed by atoms with Gasteiger partial charge in [0.05, 0.1) is 25.1 Å². The molecule has 1 amide bonds. The molecule has 0 radical (unpaired) electrons. The average molecular weight is 450 g/mol. The van der Waals surface area contributed by atoms with Crippen LogP contribution in [0.25, 0.3) is 17.0 Å². The Bertz CT molecular complexity index is 1130. The number of ether oxygens (including phenoxy) is 1. The van der Waals surface area contributed by atoms with Crippen LogP contribution in [0, 0.1) is 11.3 Å². The van der Waals surface area contributed by atoms with Gasteiger partial charge in [-0.1, -0.05) is 34.1 Å². The van der Waals surface area contributed by atoms with E-state index in [1.807, 2.05) is 54.7 Å². The molecule has 6 heteroatoms. The summed E-state index contributed by atoms with van der Waals surface area (Å²) < 4.78 is 8.70. The third kappa shape index (κ3) is 4.20. The SMILES string of the molecule is N#CCCn1cc(/C=C/C(=O)NC2CCOc3ccc(Br)cc32)c2ccccc21. The number of fused-ring (bicyclic) bond motifs is 2. The second-order valence-corrected chi connectivity index (χ2v) is 7.83. The summed E-state index contributed by atoms with van der Waals surface area (Å²) in [5, 5.41) is 13.0. The Morgan fingerprint density at radius 3 is 3.07 bits per heavy atom. The number of aromatic nitrogens is 1. The van der Waals surface area contributed by atoms with Crippen LogP contribution >= 0.6 is 15.9 Å². The molecule has 1 atom stereocenters. The number of nitriles is 1. The van der Waals surface area contributed by atoms with Crippen molar-refractivity contribution in [3.05, 3.63) is 70.3 Å². The first-order valence-corrected chi connectivity index (χ1v) is 10.3. The first-order valence-electron chi connectivity index (χ1n) is 9.51. The molecule has 146 valence electrons. The minimum absolute atomic E-state index is 0.0784. The molecular weight excluding hydrogens is 430 g/mol. The highest BCUT2D eigenvalue weighted by atomic mass is 79.9. The van der Waals surface area contributed by atoms with E-state index in [2.05, 4.69) is 31.9 Å². The van der Waals surface area contributed by atoms with Gasteiger partial charge in [-0.3, -0.25) is 4.79 Å². The van der Waals surface area contributed by atoms with Crippen molar-refractivity contribution in [2.45, 2.75) is 25.4 Å². The molecule has 4 rings (SSSR count). The highest BCUT2D eigenvalue weighted by molar-refractivity contribution is 9.10. The van der Waals surface area contributed by atoms with Gasteiger partial charge in [-0.15, -0.1) is 0 Å². The van der Waals surface area contributed by atoms with Gasteiger partial charge in [-0.25, -0.2) is 0 Å². The van der Waals surface area contributed by atoms with E-state index in [0.717, 1.165) is 38.7 Å². The van der Waals surface area contributed by atoms with Crippen LogP contribution in [-0.4, -0.2) is 17.1 Å². The van der Waals surface area contributed by atoms with E-state index in [1.165, 1.54) is 0 Å². The van der Waals surface area contributed by atoms with Crippen LogP contribution in [0.15, 0.2) is 59.2 Å². The van der Waals surface area contributed by atoms with Gasteiger partial charge in [0.25, 0.3) is 0 Å². The zero-order valence-electron chi connectivity index (χ0n) is 15.8. The number of aryl methyl sites for hydroxylation is 1. The number of rotatable bonds is 5. The summed E-state index contributed by atoms with van der Waals surface area (Å²) in [6, 6.07) is 16.0. The quantitative estimate of drug-likeness (QED) is 0.559. The summed E-state index contributed by atoms with van der Waals surface area (Å²) in [7, 11) is 0. The van der Waals surface area contributed by atoms with Gasteiger partial charge in [-0.05, 0) is 30.3 Å². The fourth-order valence-corrected chi connectivity index (χ4v) is 4.04. The molecule has 0 spiro atoms. The number of nitrogens with zero attached hydrogens (tertiary/aromatic N) is 2. The Morgan fingerprint density at radius 1 is 1.34 bits per heavy atom. The second-order valence-electron chi connectivity index (χ2n) is 6.92. The first-order chi connectivity index (χ1) is 14.2. The van der Waals surface area contributed by atoms with Gasteiger partial charge in [0.2, 0.25) is 5.91 Å². The number of hydrogen-bond donors (Lipinski definition) is 1. The Morgan fingerprint density at radius 2 is 2.21 bits per heavy atom. The van der Waals surface area contributed by atoms with Crippen LogP contribution in [0.4, 0.5) is 0 Å². The van der Waals surface area contributed by atoms with Crippen molar-refractivity contribution in [1.82, 2.24) is 9.88 Å². The summed E-state index contributed by atoms with van der Waals surface area (Å²) in [6.45, 7) is 1.21. The van der Waals surface area contributed by atoms with E-state index in [1.54, 1.807) is 6.08 Å². The Kier molecular flexibility index (Phi) is 5.68. The van der Waals surface area contributed by atoms with Crippen LogP contribution in [0.3, 0.4) is 0 Å². The molecule has 0 fully saturated rings. The first kappa shape index (κ1) is 19.3. The molecule has 29 heavy (non-hydrogen) atoms. The van der Waals surface area contributed by atoms with Crippen LogP contribution < -0.4 is 10.1 Å². The number of nitrogens with one attached hydrogen (secondary N) is 1. The summed E-state index contributed by atoms with van der Waals surface area (Å²) in [5.41, 5.74) is 3.01. The topological polar surface area (TPSA) is 67.0 Å². The second kappa shape index (κ2) is 8.54. The summed E-state index contributed by atoms with van der Waals surface area (Å²) in [6.07, 6.45) is 6.58. The summed E-state index contributed by atoms with van der Waals surface area (Å²) in [4.78, 5) is 12.6. The lowest BCUT2D eigenvalue weighted by atomic mass is 10.0. The van der Waals surface area contributed by atoms with E-state index in [-0.39, 0.29) is 11.9 Å². The van der Waals surface area contributed by atoms with Crippen LogP contribution in [0.5, 0.6) is 5.75 Å². The highest BCUT2D eigenvalue weighted by Crippen LogP contribution is 2.34. The van der Waals surface area contributed by atoms with Crippen molar-refractivity contribution in [3.63, 3.8) is 0 Å². The van der Waals surface area contributed by atoms with Crippen molar-refractivity contribution in [2.24, 2.45) is 0 Å². The molecule has 1 aromatic heterocycles. The lowest BCUT2D eigenvalue weighted by Gasteiger charge is -2.26. The summed E-state index contributed by atoms with van der Waals surface area (Å²) in [5.74, 6) is 0.672. The number of para-hydroxylation sites is 1. The molecule has 1 aliphatic rings. The number of halogens is 1. The third-order valence-electron chi connectivity index (χ3n) is 5.03. The molecule has 3 aromatic rings. The Labute approximate surface area is 177 Å². The zero-order chi connectivity index (χ0) is 20.2. The van der Waals surface area contributed by atoms with Crippen molar-refractivity contribution in [2.75, 3.05) is 6.61 Å². The normalized spacial score (nSPS) is 15.7. The fourth-order valence-electron chi connectivity index (χ4n) is 3.66. The highest BCUT2D eigenvalue weighted by Gasteiger charge is 2.22. The predicted octanol–water partition coefficient (Wildman–Crippen LogP) is 4.97. The minimum Gasteiger partial charge on any atom is -0.493 e. The van der Waals surface area contributed by atoms with E-state index in [9.17, 15) is 4.79 Å². The maximum absolute atomic E-state index is 12.6. The smallest absolute Gasteiger partial charge is 0.244 e. The Hall–Kier alpha value is -3.04. The molecule has 0 saturated heterocycles. The number of carbonyl (C=O) groups excluding carboxylic acids is 1. The van der Waals surface area contributed by atoms with Gasteiger partial charge in [0.15, 0.2) is 0 Å². The van der Waals surface area contributed by atoms with Gasteiger partial charge < -0.3 is 14.6 Å². The lowest BCUT2D eigenvalue weighted by Crippen LogP contribution is -2.31. The number of hydrogen-bond acceptors (Lipinski definition) is 3. The number of benzene rings is 2. The van der Waals surface area contributed by atoms with Gasteiger partial charge >= 0.3 is 0 Å². The molecule has 0 bridgehead atoms. The number of amides is 1. The molecule has 2 aromatic carbocycles. The van der Waals surface area contributed by atoms with Crippen molar-refractivity contribution in [3.8, 4) is 11.8 Å². The molecule has 1 aliphatic heterocycles. The van der Waals surface area contributed by atoms with E-state index in [0.29, 0.717) is 19.6 Å². The molecule has 0 saturated carbocycles. The maximum Gasteiger partial charge on any atom is 0.244 e. The third-order valence-corrected chi connectivity index (χ3v) is 5.52. The van der Waals surface area contributed by atoms with Crippen LogP contribution in [0.2, 0.25) is 0 Å². The zero-order valence-corrected chi connectivity index (χ0v) is 17.4. The summed E-state index contributed by atoms with van der Waals surface area (Å²) >= 11 is 3.48.